The van der Waals surface area contributed by atoms with Crippen LogP contribution in [0.5, 0.6) is 0 Å². The molecule has 1 rings (SSSR count). The van der Waals surface area contributed by atoms with Gasteiger partial charge < -0.3 is 16.2 Å². The molecule has 0 aliphatic carbocycles. The van der Waals surface area contributed by atoms with Crippen LogP contribution in [-0.4, -0.2) is 35.2 Å². The minimum Gasteiger partial charge on any atom is -0.395 e. The Morgan fingerprint density at radius 3 is 2.74 bits per heavy atom. The zero-order valence-corrected chi connectivity index (χ0v) is 12.6. The van der Waals surface area contributed by atoms with E-state index in [9.17, 15) is 9.90 Å². The molecule has 0 bridgehead atoms. The smallest absolute Gasteiger partial charge is 0.248 e. The van der Waals surface area contributed by atoms with Gasteiger partial charge in [0.2, 0.25) is 5.91 Å². The van der Waals surface area contributed by atoms with E-state index in [2.05, 4.69) is 5.32 Å². The molecule has 0 heterocycles. The Labute approximate surface area is 122 Å². The van der Waals surface area contributed by atoms with Crippen molar-refractivity contribution in [3.63, 3.8) is 0 Å². The van der Waals surface area contributed by atoms with Gasteiger partial charge in [0, 0.05) is 28.4 Å². The van der Waals surface area contributed by atoms with Gasteiger partial charge in [0.05, 0.1) is 6.61 Å². The number of rotatable bonds is 7. The summed E-state index contributed by atoms with van der Waals surface area (Å²) in [4.78, 5) is 11.0. The molecular formula is C13H19ClN2O2S. The zero-order chi connectivity index (χ0) is 14.4. The second-order valence-corrected chi connectivity index (χ2v) is 5.78. The topological polar surface area (TPSA) is 75.3 Å². The highest BCUT2D eigenvalue weighted by molar-refractivity contribution is 7.99. The summed E-state index contributed by atoms with van der Waals surface area (Å²) in [6.07, 6.45) is 1.97. The number of carbonyl (C=O) groups is 1. The van der Waals surface area contributed by atoms with Gasteiger partial charge in [-0.25, -0.2) is 0 Å². The largest absolute Gasteiger partial charge is 0.395 e. The molecular weight excluding hydrogens is 284 g/mol. The Morgan fingerprint density at radius 1 is 1.58 bits per heavy atom. The van der Waals surface area contributed by atoms with Crippen molar-refractivity contribution >= 4 is 29.3 Å². The first-order valence-corrected chi connectivity index (χ1v) is 7.61. The van der Waals surface area contributed by atoms with E-state index in [-0.39, 0.29) is 17.9 Å². The highest BCUT2D eigenvalue weighted by atomic mass is 35.5. The lowest BCUT2D eigenvalue weighted by Gasteiger charge is -2.21. The molecule has 0 saturated heterocycles. The molecule has 19 heavy (non-hydrogen) atoms. The second-order valence-electron chi connectivity index (χ2n) is 4.30. The maximum absolute atomic E-state index is 11.0. The molecule has 0 fully saturated rings. The van der Waals surface area contributed by atoms with Gasteiger partial charge >= 0.3 is 0 Å². The lowest BCUT2D eigenvalue weighted by Crippen LogP contribution is -2.37. The summed E-state index contributed by atoms with van der Waals surface area (Å²) in [6, 6.07) is 5.18. The summed E-state index contributed by atoms with van der Waals surface area (Å²) in [5.41, 5.74) is 6.49. The van der Waals surface area contributed by atoms with E-state index in [1.807, 2.05) is 13.2 Å². The van der Waals surface area contributed by atoms with Gasteiger partial charge in [-0.1, -0.05) is 17.7 Å². The number of aliphatic hydroxyl groups is 1. The molecule has 0 radical (unpaired) electrons. The number of thioether (sulfide) groups is 1. The molecule has 0 aromatic heterocycles. The fourth-order valence-electron chi connectivity index (χ4n) is 1.68. The lowest BCUT2D eigenvalue weighted by molar-refractivity contribution is 0.100. The van der Waals surface area contributed by atoms with Crippen molar-refractivity contribution in [2.45, 2.75) is 24.8 Å². The average Bonchev–Trinajstić information content (AvgIpc) is 2.38. The van der Waals surface area contributed by atoms with E-state index in [0.717, 1.165) is 5.56 Å². The molecule has 4 nitrogen and oxygen atoms in total. The number of hydrogen-bond acceptors (Lipinski definition) is 4. The van der Waals surface area contributed by atoms with Gasteiger partial charge in [-0.15, -0.1) is 0 Å². The number of carbonyl (C=O) groups excluding carboxylic acids is 1. The normalized spacial score (nSPS) is 14.1. The van der Waals surface area contributed by atoms with Crippen LogP contribution in [0.1, 0.15) is 22.8 Å². The van der Waals surface area contributed by atoms with Crippen molar-refractivity contribution in [3.05, 3.63) is 34.3 Å². The van der Waals surface area contributed by atoms with Gasteiger partial charge in [0.1, 0.15) is 0 Å². The van der Waals surface area contributed by atoms with Crippen molar-refractivity contribution in [3.8, 4) is 0 Å². The third-order valence-corrected chi connectivity index (χ3v) is 4.51. The minimum atomic E-state index is -0.488. The van der Waals surface area contributed by atoms with E-state index in [1.165, 1.54) is 0 Å². The van der Waals surface area contributed by atoms with Crippen molar-refractivity contribution in [2.75, 3.05) is 12.9 Å². The van der Waals surface area contributed by atoms with Gasteiger partial charge in [0.25, 0.3) is 0 Å². The molecule has 1 amide bonds. The highest BCUT2D eigenvalue weighted by Crippen LogP contribution is 2.18. The van der Waals surface area contributed by atoms with E-state index >= 15 is 0 Å². The fraction of sp³-hybridized carbons (Fsp3) is 0.462. The van der Waals surface area contributed by atoms with Crippen molar-refractivity contribution in [1.82, 2.24) is 5.32 Å². The molecule has 0 saturated carbocycles. The van der Waals surface area contributed by atoms with Gasteiger partial charge in [0.15, 0.2) is 0 Å². The summed E-state index contributed by atoms with van der Waals surface area (Å²) in [5.74, 6) is -0.488. The van der Waals surface area contributed by atoms with Crippen LogP contribution in [0.4, 0.5) is 0 Å². The number of amides is 1. The van der Waals surface area contributed by atoms with Crippen LogP contribution in [0.15, 0.2) is 18.2 Å². The maximum atomic E-state index is 11.0. The Bertz CT molecular complexity index is 439. The molecule has 4 N–H and O–H groups in total. The summed E-state index contributed by atoms with van der Waals surface area (Å²) in [5, 5.41) is 13.2. The number of aliphatic hydroxyl groups excluding tert-OH is 1. The number of hydrogen-bond donors (Lipinski definition) is 3. The monoisotopic (exact) mass is 302 g/mol. The summed E-state index contributed by atoms with van der Waals surface area (Å²) in [7, 11) is 0. The number of halogens is 1. The Morgan fingerprint density at radius 2 is 2.26 bits per heavy atom. The van der Waals surface area contributed by atoms with E-state index < -0.39 is 5.91 Å². The molecule has 2 unspecified atom stereocenters. The quantitative estimate of drug-likeness (QED) is 0.716. The molecule has 1 aromatic rings. The average molecular weight is 303 g/mol. The highest BCUT2D eigenvalue weighted by Gasteiger charge is 2.15. The number of benzene rings is 1. The van der Waals surface area contributed by atoms with Crippen LogP contribution in [0.2, 0.25) is 5.02 Å². The fourth-order valence-corrected chi connectivity index (χ4v) is 2.58. The molecule has 0 aliphatic heterocycles. The predicted molar refractivity (Wildman–Crippen MR) is 80.7 cm³/mol. The van der Waals surface area contributed by atoms with E-state index in [1.54, 1.807) is 30.0 Å². The first kappa shape index (κ1) is 16.3. The molecule has 106 valence electrons. The van der Waals surface area contributed by atoms with Gasteiger partial charge in [-0.3, -0.25) is 4.79 Å². The van der Waals surface area contributed by atoms with E-state index in [4.69, 9.17) is 17.3 Å². The van der Waals surface area contributed by atoms with E-state index in [0.29, 0.717) is 17.1 Å². The predicted octanol–water partition coefficient (Wildman–Crippen LogP) is 1.64. The van der Waals surface area contributed by atoms with Crippen LogP contribution < -0.4 is 11.1 Å². The maximum Gasteiger partial charge on any atom is 0.248 e. The first-order chi connectivity index (χ1) is 8.99. The van der Waals surface area contributed by atoms with Crippen LogP contribution in [-0.2, 0) is 6.54 Å². The van der Waals surface area contributed by atoms with Crippen LogP contribution in [0.25, 0.3) is 0 Å². The van der Waals surface area contributed by atoms with Crippen LogP contribution in [0.3, 0.4) is 0 Å². The third kappa shape index (κ3) is 4.69. The second kappa shape index (κ2) is 7.75. The van der Waals surface area contributed by atoms with Crippen LogP contribution >= 0.6 is 23.4 Å². The number of primary amides is 1. The molecule has 2 atom stereocenters. The van der Waals surface area contributed by atoms with Crippen molar-refractivity contribution in [1.29, 1.82) is 0 Å². The standard InChI is InChI=1S/C13H19ClN2O2S/c1-8(12(7-17)19-2)16-6-10-4-3-9(13(15)18)5-11(10)14/h3-5,8,12,16-17H,6-7H2,1-2H3,(H2,15,18). The summed E-state index contributed by atoms with van der Waals surface area (Å²) < 4.78 is 0. The number of nitrogens with two attached hydrogens (primary N) is 1. The first-order valence-electron chi connectivity index (χ1n) is 5.94. The molecule has 0 spiro atoms. The summed E-state index contributed by atoms with van der Waals surface area (Å²) >= 11 is 7.72. The third-order valence-electron chi connectivity index (χ3n) is 2.99. The molecule has 0 aliphatic rings. The Hall–Kier alpha value is -0.750. The van der Waals surface area contributed by atoms with Gasteiger partial charge in [-0.05, 0) is 30.9 Å². The van der Waals surface area contributed by atoms with Crippen molar-refractivity contribution in [2.24, 2.45) is 5.73 Å². The number of nitrogens with one attached hydrogen (secondary N) is 1. The molecule has 6 heteroatoms. The Kier molecular flexibility index (Phi) is 6.65. The molecule has 1 aromatic carbocycles. The SMILES string of the molecule is CSC(CO)C(C)NCc1ccc(C(N)=O)cc1Cl. The Balaban J connectivity index is 2.65. The van der Waals surface area contributed by atoms with Crippen LogP contribution in [0, 0.1) is 0 Å². The van der Waals surface area contributed by atoms with Gasteiger partial charge in [-0.2, -0.15) is 11.8 Å². The van der Waals surface area contributed by atoms with Crippen molar-refractivity contribution < 1.29 is 9.90 Å². The zero-order valence-electron chi connectivity index (χ0n) is 11.0. The lowest BCUT2D eigenvalue weighted by atomic mass is 10.1. The minimum absolute atomic E-state index is 0.129. The summed E-state index contributed by atoms with van der Waals surface area (Å²) in [6.45, 7) is 2.73.